The zero-order valence-corrected chi connectivity index (χ0v) is 22.9. The van der Waals surface area contributed by atoms with Crippen molar-refractivity contribution in [1.29, 1.82) is 5.26 Å². The summed E-state index contributed by atoms with van der Waals surface area (Å²) in [5.41, 5.74) is -2.88. The van der Waals surface area contributed by atoms with Gasteiger partial charge in [-0.1, -0.05) is 13.8 Å². The van der Waals surface area contributed by atoms with E-state index >= 15 is 0 Å². The molecule has 218 valence electrons. The van der Waals surface area contributed by atoms with E-state index in [-0.39, 0.29) is 30.3 Å². The number of aliphatic hydroxyl groups is 1. The maximum Gasteiger partial charge on any atom is 0.408 e. The smallest absolute Gasteiger partial charge is 0.408 e. The van der Waals surface area contributed by atoms with E-state index in [0.717, 1.165) is 12.8 Å². The molecule has 1 aliphatic carbocycles. The Hall–Kier alpha value is -2.96. The Morgan fingerprint density at radius 2 is 1.87 bits per heavy atom. The van der Waals surface area contributed by atoms with Gasteiger partial charge in [-0.05, 0) is 56.3 Å². The SMILES string of the molecule is CC(C)C[C@H](NC(=O)OC1CC2(CCN(C#N)CC2)C1)C(=O)N[C@@H](C[C@H]1CCNC1=O)C(=O)C(O)S(=O)(=O)[O-]. The van der Waals surface area contributed by atoms with Crippen molar-refractivity contribution in [3.63, 3.8) is 0 Å². The van der Waals surface area contributed by atoms with E-state index in [1.54, 1.807) is 18.7 Å². The van der Waals surface area contributed by atoms with Crippen LogP contribution in [0, 0.1) is 28.7 Å². The van der Waals surface area contributed by atoms with Crippen LogP contribution in [0.4, 0.5) is 4.79 Å². The number of Topliss-reactive ketones (excluding diaryl/α,β-unsaturated/α-hetero) is 1. The van der Waals surface area contributed by atoms with E-state index in [1.807, 2.05) is 0 Å². The number of nitrogens with one attached hydrogen (secondary N) is 3. The lowest BCUT2D eigenvalue weighted by molar-refractivity contribution is -0.132. The molecule has 15 heteroatoms. The number of ether oxygens (including phenoxy) is 1. The zero-order chi connectivity index (χ0) is 29.0. The van der Waals surface area contributed by atoms with E-state index in [1.165, 1.54) is 0 Å². The van der Waals surface area contributed by atoms with Crippen LogP contribution in [0.25, 0.3) is 0 Å². The molecule has 2 saturated heterocycles. The van der Waals surface area contributed by atoms with Gasteiger partial charge in [-0.3, -0.25) is 14.4 Å². The van der Waals surface area contributed by atoms with E-state index in [4.69, 9.17) is 10.00 Å². The second kappa shape index (κ2) is 12.5. The van der Waals surface area contributed by atoms with E-state index in [0.29, 0.717) is 38.9 Å². The van der Waals surface area contributed by atoms with E-state index in [2.05, 4.69) is 22.1 Å². The van der Waals surface area contributed by atoms with Gasteiger partial charge in [0.25, 0.3) is 0 Å². The van der Waals surface area contributed by atoms with Crippen LogP contribution >= 0.6 is 0 Å². The first kappa shape index (κ1) is 30.6. The lowest BCUT2D eigenvalue weighted by atomic mass is 9.61. The molecule has 2 heterocycles. The van der Waals surface area contributed by atoms with Crippen LogP contribution in [0.2, 0.25) is 0 Å². The van der Waals surface area contributed by atoms with Gasteiger partial charge < -0.3 is 35.2 Å². The summed E-state index contributed by atoms with van der Waals surface area (Å²) in [4.78, 5) is 52.2. The topological polar surface area (TPSA) is 218 Å². The van der Waals surface area contributed by atoms with Crippen molar-refractivity contribution in [3.8, 4) is 6.19 Å². The molecule has 0 aromatic heterocycles. The Morgan fingerprint density at radius 3 is 2.38 bits per heavy atom. The lowest BCUT2D eigenvalue weighted by Gasteiger charge is -2.50. The molecule has 3 rings (SSSR count). The highest BCUT2D eigenvalue weighted by molar-refractivity contribution is 7.87. The van der Waals surface area contributed by atoms with Gasteiger partial charge in [0.2, 0.25) is 17.3 Å². The molecule has 14 nitrogen and oxygen atoms in total. The van der Waals surface area contributed by atoms with Gasteiger partial charge in [0.05, 0.1) is 6.04 Å². The van der Waals surface area contributed by atoms with Gasteiger partial charge in [0.1, 0.15) is 22.3 Å². The summed E-state index contributed by atoms with van der Waals surface area (Å²) in [5, 5.41) is 26.2. The second-order valence-electron chi connectivity index (χ2n) is 11.2. The minimum Gasteiger partial charge on any atom is -0.746 e. The summed E-state index contributed by atoms with van der Waals surface area (Å²) in [7, 11) is -5.42. The van der Waals surface area contributed by atoms with Crippen molar-refractivity contribution < 1.29 is 42.0 Å². The summed E-state index contributed by atoms with van der Waals surface area (Å²) >= 11 is 0. The van der Waals surface area contributed by atoms with Crippen molar-refractivity contribution in [2.24, 2.45) is 17.3 Å². The predicted molar refractivity (Wildman–Crippen MR) is 133 cm³/mol. The van der Waals surface area contributed by atoms with E-state index < -0.39 is 57.2 Å². The molecular weight excluding hydrogens is 534 g/mol. The van der Waals surface area contributed by atoms with Crippen LogP contribution in [0.5, 0.6) is 0 Å². The number of nitriles is 1. The highest BCUT2D eigenvalue weighted by Gasteiger charge is 2.48. The number of nitrogens with zero attached hydrogens (tertiary/aromatic N) is 2. The molecule has 2 aliphatic heterocycles. The number of aliphatic hydroxyl groups excluding tert-OH is 1. The van der Waals surface area contributed by atoms with Crippen molar-refractivity contribution >= 4 is 33.8 Å². The number of ketones is 1. The summed E-state index contributed by atoms with van der Waals surface area (Å²) in [5.74, 6) is -3.53. The minimum absolute atomic E-state index is 0.0376. The number of carbonyl (C=O) groups is 4. The fourth-order valence-electron chi connectivity index (χ4n) is 5.50. The molecule has 0 radical (unpaired) electrons. The Labute approximate surface area is 227 Å². The molecule has 3 amide bonds. The van der Waals surface area contributed by atoms with Crippen LogP contribution in [-0.4, -0.2) is 89.9 Å². The van der Waals surface area contributed by atoms with Crippen molar-refractivity contribution in [2.75, 3.05) is 19.6 Å². The first-order valence-corrected chi connectivity index (χ1v) is 14.6. The van der Waals surface area contributed by atoms with Gasteiger partial charge in [0.15, 0.2) is 12.0 Å². The van der Waals surface area contributed by atoms with Crippen LogP contribution < -0.4 is 16.0 Å². The Balaban J connectivity index is 1.62. The molecular formula is C24H36N5O9S-. The molecule has 39 heavy (non-hydrogen) atoms. The van der Waals surface area contributed by atoms with Gasteiger partial charge in [0, 0.05) is 25.6 Å². The highest BCUT2D eigenvalue weighted by Crippen LogP contribution is 2.50. The van der Waals surface area contributed by atoms with Gasteiger partial charge in [-0.2, -0.15) is 5.26 Å². The Bertz CT molecular complexity index is 1090. The molecule has 1 saturated carbocycles. The molecule has 0 bridgehead atoms. The fourth-order valence-corrected chi connectivity index (χ4v) is 5.95. The van der Waals surface area contributed by atoms with Crippen molar-refractivity contribution in [1.82, 2.24) is 20.9 Å². The fraction of sp³-hybridized carbons (Fsp3) is 0.792. The van der Waals surface area contributed by atoms with Gasteiger partial charge >= 0.3 is 6.09 Å². The van der Waals surface area contributed by atoms with Crippen molar-refractivity contribution in [2.45, 2.75) is 82.4 Å². The lowest BCUT2D eigenvalue weighted by Crippen LogP contribution is -2.56. The predicted octanol–water partition coefficient (Wildman–Crippen LogP) is -0.703. The van der Waals surface area contributed by atoms with Crippen molar-refractivity contribution in [3.05, 3.63) is 0 Å². The maximum absolute atomic E-state index is 13.2. The number of rotatable bonds is 11. The molecule has 0 aromatic carbocycles. The normalized spacial score (nSPS) is 23.2. The molecule has 4 atom stereocenters. The summed E-state index contributed by atoms with van der Waals surface area (Å²) in [6, 6.07) is -2.82. The van der Waals surface area contributed by atoms with Gasteiger partial charge in [-0.15, -0.1) is 0 Å². The van der Waals surface area contributed by atoms with Crippen LogP contribution in [0.1, 0.15) is 58.8 Å². The maximum atomic E-state index is 13.2. The molecule has 1 spiro atoms. The van der Waals surface area contributed by atoms with Crippen LogP contribution in [-0.2, 0) is 29.2 Å². The molecule has 3 aliphatic rings. The molecule has 3 fully saturated rings. The number of hydrogen-bond donors (Lipinski definition) is 4. The second-order valence-corrected chi connectivity index (χ2v) is 12.6. The largest absolute Gasteiger partial charge is 0.746 e. The number of carbonyl (C=O) groups excluding carboxylic acids is 4. The average Bonchev–Trinajstić information content (AvgIpc) is 3.24. The minimum atomic E-state index is -5.42. The quantitative estimate of drug-likeness (QED) is 0.180. The van der Waals surface area contributed by atoms with Crippen LogP contribution in [0.3, 0.4) is 0 Å². The molecule has 4 N–H and O–H groups in total. The van der Waals surface area contributed by atoms with Crippen LogP contribution in [0.15, 0.2) is 0 Å². The average molecular weight is 571 g/mol. The number of alkyl carbamates (subject to hydrolysis) is 1. The Kier molecular flexibility index (Phi) is 9.78. The summed E-state index contributed by atoms with van der Waals surface area (Å²) in [6.07, 6.45) is 4.08. The standard InChI is InChI=1S/C24H37N5O9S/c1-14(2)9-18(28-23(34)38-16-11-24(12-16)4-7-29(13-25)8-5-24)21(32)27-17(10-15-3-6-26-20(15)31)19(30)22(33)39(35,36)37/h14-18,22,33H,3-12H2,1-2H3,(H,26,31)(H,27,32)(H,28,34)(H,35,36,37)/p-1/t15-,17+,18+,22?/m1/s1. The number of hydrogen-bond acceptors (Lipinski definition) is 11. The van der Waals surface area contributed by atoms with Gasteiger partial charge in [-0.25, -0.2) is 13.2 Å². The zero-order valence-electron chi connectivity index (χ0n) is 22.1. The summed E-state index contributed by atoms with van der Waals surface area (Å²) < 4.78 is 39.3. The monoisotopic (exact) mass is 570 g/mol. The third-order valence-electron chi connectivity index (χ3n) is 7.74. The third kappa shape index (κ3) is 8.02. The number of piperidine rings is 1. The first-order chi connectivity index (χ1) is 18.2. The first-order valence-electron chi connectivity index (χ1n) is 13.1. The third-order valence-corrected chi connectivity index (χ3v) is 8.52. The Morgan fingerprint density at radius 1 is 1.23 bits per heavy atom. The highest BCUT2D eigenvalue weighted by atomic mass is 32.2. The molecule has 0 aromatic rings. The van der Waals surface area contributed by atoms with E-state index in [9.17, 15) is 37.3 Å². The number of amides is 3. The molecule has 1 unspecified atom stereocenters. The summed E-state index contributed by atoms with van der Waals surface area (Å²) in [6.45, 7) is 5.25. The number of likely N-dealkylation sites (tertiary alicyclic amines) is 1.